The summed E-state index contributed by atoms with van der Waals surface area (Å²) in [5.74, 6) is 5.87. The summed E-state index contributed by atoms with van der Waals surface area (Å²) in [6.07, 6.45) is 1.29. The van der Waals surface area contributed by atoms with Gasteiger partial charge in [0, 0.05) is 28.6 Å². The summed E-state index contributed by atoms with van der Waals surface area (Å²) in [5, 5.41) is 1.42. The van der Waals surface area contributed by atoms with Crippen LogP contribution in [0.15, 0.2) is 28.7 Å². The second-order valence-electron chi connectivity index (χ2n) is 5.09. The number of nitrogen functional groups attached to an aromatic ring is 1. The number of hydrogen-bond donors (Lipinski definition) is 2. The molecule has 5 nitrogen and oxygen atoms in total. The van der Waals surface area contributed by atoms with E-state index in [0.717, 1.165) is 24.0 Å². The Labute approximate surface area is 127 Å². The van der Waals surface area contributed by atoms with Gasteiger partial charge in [-0.15, -0.1) is 0 Å². The number of furan rings is 1. The first-order chi connectivity index (χ1) is 10.2. The summed E-state index contributed by atoms with van der Waals surface area (Å²) >= 11 is 1.80. The van der Waals surface area contributed by atoms with Gasteiger partial charge in [-0.25, -0.2) is 5.84 Å². The molecular formula is C15H18N2O3S. The standard InChI is InChI=1S/C15H18N2O3S/c1-9-13(6-7-19-9)21-8-11-10-4-2-3-5-12(10)20-14(11)15(18)17-16/h2-5,9,13H,6-8,16H2,1H3,(H,17,18). The first-order valence-electron chi connectivity index (χ1n) is 6.95. The third-order valence-electron chi connectivity index (χ3n) is 3.78. The Hall–Kier alpha value is -1.50. The van der Waals surface area contributed by atoms with E-state index in [2.05, 4.69) is 12.3 Å². The molecule has 0 aliphatic carbocycles. The quantitative estimate of drug-likeness (QED) is 0.515. The van der Waals surface area contributed by atoms with Gasteiger partial charge in [0.05, 0.1) is 6.10 Å². The summed E-state index contributed by atoms with van der Waals surface area (Å²) in [7, 11) is 0. The van der Waals surface area contributed by atoms with Crippen molar-refractivity contribution in [2.45, 2.75) is 30.5 Å². The topological polar surface area (TPSA) is 77.5 Å². The van der Waals surface area contributed by atoms with Gasteiger partial charge in [0.25, 0.3) is 0 Å². The number of nitrogens with one attached hydrogen (secondary N) is 1. The van der Waals surface area contributed by atoms with E-state index in [-0.39, 0.29) is 6.10 Å². The number of carbonyl (C=O) groups is 1. The predicted molar refractivity (Wildman–Crippen MR) is 83.0 cm³/mol. The molecule has 3 rings (SSSR count). The van der Waals surface area contributed by atoms with Gasteiger partial charge < -0.3 is 9.15 Å². The molecule has 0 spiro atoms. The van der Waals surface area contributed by atoms with Crippen LogP contribution in [-0.4, -0.2) is 23.9 Å². The van der Waals surface area contributed by atoms with E-state index in [0.29, 0.717) is 22.3 Å². The van der Waals surface area contributed by atoms with E-state index >= 15 is 0 Å². The molecule has 0 bridgehead atoms. The van der Waals surface area contributed by atoms with Gasteiger partial charge in [0.15, 0.2) is 5.76 Å². The minimum absolute atomic E-state index is 0.250. The summed E-state index contributed by atoms with van der Waals surface area (Å²) in [5.41, 5.74) is 3.76. The van der Waals surface area contributed by atoms with E-state index in [1.165, 1.54) is 0 Å². The number of ether oxygens (including phenoxy) is 1. The number of fused-ring (bicyclic) bond motifs is 1. The van der Waals surface area contributed by atoms with E-state index in [1.807, 2.05) is 24.3 Å². The Bertz CT molecular complexity index is 655. The second kappa shape index (κ2) is 6.09. The van der Waals surface area contributed by atoms with Crippen molar-refractivity contribution in [3.63, 3.8) is 0 Å². The highest BCUT2D eigenvalue weighted by molar-refractivity contribution is 7.99. The van der Waals surface area contributed by atoms with Gasteiger partial charge in [0.1, 0.15) is 5.58 Å². The second-order valence-corrected chi connectivity index (χ2v) is 6.32. The number of thioether (sulfide) groups is 1. The van der Waals surface area contributed by atoms with Crippen molar-refractivity contribution in [1.82, 2.24) is 5.43 Å². The van der Waals surface area contributed by atoms with Crippen molar-refractivity contribution >= 4 is 28.6 Å². The fourth-order valence-corrected chi connectivity index (χ4v) is 3.89. The molecule has 1 aliphatic rings. The highest BCUT2D eigenvalue weighted by Crippen LogP contribution is 2.34. The lowest BCUT2D eigenvalue weighted by Gasteiger charge is -2.13. The number of hydrazine groups is 1. The first-order valence-corrected chi connectivity index (χ1v) is 8.00. The maximum absolute atomic E-state index is 11.9. The Kier molecular flexibility index (Phi) is 4.19. The van der Waals surface area contributed by atoms with Crippen LogP contribution in [0.2, 0.25) is 0 Å². The Morgan fingerprint density at radius 2 is 2.29 bits per heavy atom. The van der Waals surface area contributed by atoms with E-state index < -0.39 is 5.91 Å². The van der Waals surface area contributed by atoms with Crippen molar-refractivity contribution in [3.8, 4) is 0 Å². The zero-order chi connectivity index (χ0) is 14.8. The summed E-state index contributed by atoms with van der Waals surface area (Å²) in [6, 6.07) is 7.66. The molecule has 1 aliphatic heterocycles. The monoisotopic (exact) mass is 306 g/mol. The Morgan fingerprint density at radius 1 is 1.48 bits per heavy atom. The van der Waals surface area contributed by atoms with Crippen molar-refractivity contribution in [3.05, 3.63) is 35.6 Å². The van der Waals surface area contributed by atoms with Crippen LogP contribution in [0.25, 0.3) is 11.0 Å². The predicted octanol–water partition coefficient (Wildman–Crippen LogP) is 2.45. The van der Waals surface area contributed by atoms with Gasteiger partial charge in [-0.3, -0.25) is 10.2 Å². The number of amides is 1. The van der Waals surface area contributed by atoms with Crippen molar-refractivity contribution in [2.75, 3.05) is 6.61 Å². The highest BCUT2D eigenvalue weighted by Gasteiger charge is 2.26. The fraction of sp³-hybridized carbons (Fsp3) is 0.400. The smallest absolute Gasteiger partial charge is 0.301 e. The number of benzene rings is 1. The summed E-state index contributed by atoms with van der Waals surface area (Å²) < 4.78 is 11.2. The van der Waals surface area contributed by atoms with Gasteiger partial charge in [0.2, 0.25) is 0 Å². The van der Waals surface area contributed by atoms with E-state index in [4.69, 9.17) is 15.0 Å². The molecule has 2 aromatic rings. The summed E-state index contributed by atoms with van der Waals surface area (Å²) in [6.45, 7) is 2.90. The van der Waals surface area contributed by atoms with Crippen molar-refractivity contribution < 1.29 is 13.9 Å². The van der Waals surface area contributed by atoms with E-state index in [9.17, 15) is 4.79 Å². The van der Waals surface area contributed by atoms with Crippen LogP contribution < -0.4 is 11.3 Å². The minimum atomic E-state index is -0.391. The van der Waals surface area contributed by atoms with Crippen LogP contribution in [0.3, 0.4) is 0 Å². The SMILES string of the molecule is CC1OCCC1SCc1c(C(=O)NN)oc2ccccc12. The molecule has 1 aromatic heterocycles. The molecule has 2 atom stereocenters. The number of para-hydroxylation sites is 1. The third-order valence-corrected chi connectivity index (χ3v) is 5.29. The first kappa shape index (κ1) is 14.4. The van der Waals surface area contributed by atoms with Crippen LogP contribution in [0.5, 0.6) is 0 Å². The molecule has 3 N–H and O–H groups in total. The normalized spacial score (nSPS) is 21.8. The molecule has 2 heterocycles. The number of hydrogen-bond acceptors (Lipinski definition) is 5. The van der Waals surface area contributed by atoms with Crippen LogP contribution in [-0.2, 0) is 10.5 Å². The molecular weight excluding hydrogens is 288 g/mol. The third kappa shape index (κ3) is 2.79. The van der Waals surface area contributed by atoms with Gasteiger partial charge >= 0.3 is 5.91 Å². The van der Waals surface area contributed by atoms with Gasteiger partial charge in [-0.2, -0.15) is 11.8 Å². The Morgan fingerprint density at radius 3 is 3.00 bits per heavy atom. The van der Waals surface area contributed by atoms with E-state index in [1.54, 1.807) is 11.8 Å². The highest BCUT2D eigenvalue weighted by atomic mass is 32.2. The Balaban J connectivity index is 1.89. The zero-order valence-corrected chi connectivity index (χ0v) is 12.6. The lowest BCUT2D eigenvalue weighted by molar-refractivity contribution is 0.0927. The van der Waals surface area contributed by atoms with Gasteiger partial charge in [-0.05, 0) is 19.4 Å². The molecule has 0 radical (unpaired) electrons. The van der Waals surface area contributed by atoms with Crippen molar-refractivity contribution in [2.24, 2.45) is 5.84 Å². The maximum Gasteiger partial charge on any atom is 0.301 e. The molecule has 1 amide bonds. The van der Waals surface area contributed by atoms with Crippen LogP contribution >= 0.6 is 11.8 Å². The largest absolute Gasteiger partial charge is 0.451 e. The molecule has 1 saturated heterocycles. The average molecular weight is 306 g/mol. The maximum atomic E-state index is 11.9. The van der Waals surface area contributed by atoms with Crippen LogP contribution in [0.1, 0.15) is 29.5 Å². The number of rotatable bonds is 4. The molecule has 112 valence electrons. The van der Waals surface area contributed by atoms with Crippen LogP contribution in [0.4, 0.5) is 0 Å². The minimum Gasteiger partial charge on any atom is -0.451 e. The summed E-state index contributed by atoms with van der Waals surface area (Å²) in [4.78, 5) is 11.9. The number of nitrogens with two attached hydrogens (primary N) is 1. The molecule has 6 heteroatoms. The van der Waals surface area contributed by atoms with Gasteiger partial charge in [-0.1, -0.05) is 18.2 Å². The van der Waals surface area contributed by atoms with Crippen LogP contribution in [0, 0.1) is 0 Å². The molecule has 1 fully saturated rings. The number of carbonyl (C=O) groups excluding carboxylic acids is 1. The molecule has 21 heavy (non-hydrogen) atoms. The lowest BCUT2D eigenvalue weighted by Crippen LogP contribution is -2.30. The average Bonchev–Trinajstić information content (AvgIpc) is 3.08. The zero-order valence-electron chi connectivity index (χ0n) is 11.8. The van der Waals surface area contributed by atoms with Crippen molar-refractivity contribution in [1.29, 1.82) is 0 Å². The fourth-order valence-electron chi connectivity index (χ4n) is 2.61. The molecule has 0 saturated carbocycles. The molecule has 2 unspecified atom stereocenters. The lowest BCUT2D eigenvalue weighted by atomic mass is 10.1. The molecule has 1 aromatic carbocycles.